The predicted octanol–water partition coefficient (Wildman–Crippen LogP) is 4.09. The smallest absolute Gasteiger partial charge is 0.121 e. The molecule has 3 heteroatoms. The van der Waals surface area contributed by atoms with Crippen molar-refractivity contribution in [1.29, 1.82) is 5.26 Å². The molecule has 1 N–H and O–H groups in total. The van der Waals surface area contributed by atoms with Crippen LogP contribution in [0, 0.1) is 11.3 Å². The monoisotopic (exact) mass is 258 g/mol. The number of benzene rings is 1. The maximum Gasteiger partial charge on any atom is 0.121 e. The lowest BCUT2D eigenvalue weighted by Gasteiger charge is -2.23. The summed E-state index contributed by atoms with van der Waals surface area (Å²) in [6.07, 6.45) is 9.00. The fourth-order valence-corrected chi connectivity index (χ4v) is 2.69. The molecule has 0 amide bonds. The molecule has 0 radical (unpaired) electrons. The Hall–Kier alpha value is -1.69. The van der Waals surface area contributed by atoms with E-state index >= 15 is 0 Å². The number of ether oxygens (including phenoxy) is 1. The number of hydrogen-bond acceptors (Lipinski definition) is 3. The van der Waals surface area contributed by atoms with Gasteiger partial charge in [-0.1, -0.05) is 32.1 Å². The minimum atomic E-state index is 0.486. The lowest BCUT2D eigenvalue weighted by Crippen LogP contribution is -2.21. The highest BCUT2D eigenvalue weighted by Gasteiger charge is 2.13. The molecular formula is C16H22N2O. The first-order valence-electron chi connectivity index (χ1n) is 7.18. The van der Waals surface area contributed by atoms with Gasteiger partial charge in [0.2, 0.25) is 0 Å². The van der Waals surface area contributed by atoms with Crippen LogP contribution < -0.4 is 10.1 Å². The second-order valence-electron chi connectivity index (χ2n) is 5.21. The van der Waals surface area contributed by atoms with E-state index in [9.17, 15) is 5.26 Å². The van der Waals surface area contributed by atoms with Crippen LogP contribution in [-0.4, -0.2) is 13.2 Å². The Morgan fingerprint density at radius 1 is 1.16 bits per heavy atom. The molecule has 0 heterocycles. The fourth-order valence-electron chi connectivity index (χ4n) is 2.69. The van der Waals surface area contributed by atoms with E-state index in [0.29, 0.717) is 11.6 Å². The Balaban J connectivity index is 2.09. The van der Waals surface area contributed by atoms with Crippen molar-refractivity contribution in [3.8, 4) is 11.8 Å². The van der Waals surface area contributed by atoms with Gasteiger partial charge >= 0.3 is 0 Å². The average Bonchev–Trinajstić information content (AvgIpc) is 2.41. The average molecular weight is 258 g/mol. The van der Waals surface area contributed by atoms with Crippen LogP contribution >= 0.6 is 0 Å². The number of methoxy groups -OCH3 is 1. The molecule has 1 aromatic rings. The molecule has 1 aromatic carbocycles. The predicted molar refractivity (Wildman–Crippen MR) is 77.4 cm³/mol. The van der Waals surface area contributed by atoms with E-state index < -0.39 is 0 Å². The van der Waals surface area contributed by atoms with Crippen molar-refractivity contribution in [1.82, 2.24) is 0 Å². The molecule has 1 fully saturated rings. The standard InChI is InChI=1S/C16H22N2O/c1-19-15-10-9-13(12-17)16(11-15)18-14-7-5-3-2-4-6-8-14/h9-11,14,18H,2-8H2,1H3. The van der Waals surface area contributed by atoms with Crippen molar-refractivity contribution in [2.24, 2.45) is 0 Å². The summed E-state index contributed by atoms with van der Waals surface area (Å²) < 4.78 is 5.24. The molecule has 102 valence electrons. The Labute approximate surface area is 115 Å². The summed E-state index contributed by atoms with van der Waals surface area (Å²) in [5.74, 6) is 0.798. The highest BCUT2D eigenvalue weighted by Crippen LogP contribution is 2.26. The van der Waals surface area contributed by atoms with E-state index in [1.54, 1.807) is 7.11 Å². The van der Waals surface area contributed by atoms with E-state index in [1.807, 2.05) is 18.2 Å². The van der Waals surface area contributed by atoms with Crippen LogP contribution in [0.5, 0.6) is 5.75 Å². The third kappa shape index (κ3) is 3.89. The molecular weight excluding hydrogens is 236 g/mol. The van der Waals surface area contributed by atoms with Gasteiger partial charge < -0.3 is 10.1 Å². The number of rotatable bonds is 3. The van der Waals surface area contributed by atoms with E-state index in [-0.39, 0.29) is 0 Å². The largest absolute Gasteiger partial charge is 0.497 e. The Bertz CT molecular complexity index is 443. The van der Waals surface area contributed by atoms with Crippen LogP contribution in [-0.2, 0) is 0 Å². The normalized spacial score (nSPS) is 17.1. The second-order valence-corrected chi connectivity index (χ2v) is 5.21. The number of nitrogens with one attached hydrogen (secondary N) is 1. The van der Waals surface area contributed by atoms with Gasteiger partial charge in [-0.3, -0.25) is 0 Å². The molecule has 0 spiro atoms. The molecule has 3 nitrogen and oxygen atoms in total. The summed E-state index contributed by atoms with van der Waals surface area (Å²) in [6.45, 7) is 0. The SMILES string of the molecule is COc1ccc(C#N)c(NC2CCCCCCC2)c1. The molecule has 0 atom stereocenters. The number of hydrogen-bond donors (Lipinski definition) is 1. The molecule has 0 saturated heterocycles. The van der Waals surface area contributed by atoms with Crippen molar-refractivity contribution in [3.05, 3.63) is 23.8 Å². The van der Waals surface area contributed by atoms with Crippen molar-refractivity contribution >= 4 is 5.69 Å². The van der Waals surface area contributed by atoms with Crippen LogP contribution in [0.25, 0.3) is 0 Å². The molecule has 0 aliphatic heterocycles. The van der Waals surface area contributed by atoms with E-state index in [4.69, 9.17) is 4.74 Å². The third-order valence-electron chi connectivity index (χ3n) is 3.81. The fraction of sp³-hybridized carbons (Fsp3) is 0.562. The maximum atomic E-state index is 9.18. The number of nitrogens with zero attached hydrogens (tertiary/aromatic N) is 1. The summed E-state index contributed by atoms with van der Waals surface area (Å²) in [4.78, 5) is 0. The summed E-state index contributed by atoms with van der Waals surface area (Å²) in [5.41, 5.74) is 1.61. The van der Waals surface area contributed by atoms with Crippen molar-refractivity contribution < 1.29 is 4.74 Å². The van der Waals surface area contributed by atoms with Gasteiger partial charge in [0.1, 0.15) is 11.8 Å². The molecule has 0 unspecified atom stereocenters. The lowest BCUT2D eigenvalue weighted by molar-refractivity contribution is 0.414. The molecule has 1 saturated carbocycles. The first-order valence-corrected chi connectivity index (χ1v) is 7.18. The number of anilines is 1. The first-order chi connectivity index (χ1) is 9.33. The molecule has 19 heavy (non-hydrogen) atoms. The molecule has 2 rings (SSSR count). The topological polar surface area (TPSA) is 45.0 Å². The van der Waals surface area contributed by atoms with Gasteiger partial charge in [0, 0.05) is 12.1 Å². The highest BCUT2D eigenvalue weighted by atomic mass is 16.5. The summed E-state index contributed by atoms with van der Waals surface area (Å²) in [7, 11) is 1.65. The van der Waals surface area contributed by atoms with Crippen LogP contribution in [0.2, 0.25) is 0 Å². The minimum Gasteiger partial charge on any atom is -0.497 e. The minimum absolute atomic E-state index is 0.486. The van der Waals surface area contributed by atoms with Gasteiger partial charge in [0.05, 0.1) is 18.4 Å². The van der Waals surface area contributed by atoms with Crippen LogP contribution in [0.1, 0.15) is 50.5 Å². The third-order valence-corrected chi connectivity index (χ3v) is 3.81. The molecule has 1 aliphatic rings. The van der Waals surface area contributed by atoms with Crippen LogP contribution in [0.15, 0.2) is 18.2 Å². The Morgan fingerprint density at radius 3 is 2.47 bits per heavy atom. The van der Waals surface area contributed by atoms with Crippen molar-refractivity contribution in [2.75, 3.05) is 12.4 Å². The van der Waals surface area contributed by atoms with Gasteiger partial charge in [-0.25, -0.2) is 0 Å². The maximum absolute atomic E-state index is 9.18. The Morgan fingerprint density at radius 2 is 1.84 bits per heavy atom. The number of nitriles is 1. The van der Waals surface area contributed by atoms with E-state index in [0.717, 1.165) is 11.4 Å². The summed E-state index contributed by atoms with van der Waals surface area (Å²) in [6, 6.07) is 8.32. The zero-order valence-electron chi connectivity index (χ0n) is 11.6. The van der Waals surface area contributed by atoms with Crippen molar-refractivity contribution in [2.45, 2.75) is 51.0 Å². The highest BCUT2D eigenvalue weighted by molar-refractivity contribution is 5.60. The molecule has 0 aromatic heterocycles. The molecule has 0 bridgehead atoms. The quantitative estimate of drug-likeness (QED) is 0.888. The van der Waals surface area contributed by atoms with Crippen LogP contribution in [0.3, 0.4) is 0 Å². The van der Waals surface area contributed by atoms with Crippen molar-refractivity contribution in [3.63, 3.8) is 0 Å². The first kappa shape index (κ1) is 13.7. The van der Waals surface area contributed by atoms with Gasteiger partial charge in [0.15, 0.2) is 0 Å². The van der Waals surface area contributed by atoms with Gasteiger partial charge in [-0.2, -0.15) is 5.26 Å². The van der Waals surface area contributed by atoms with E-state index in [2.05, 4.69) is 11.4 Å². The van der Waals surface area contributed by atoms with Gasteiger partial charge in [-0.15, -0.1) is 0 Å². The lowest BCUT2D eigenvalue weighted by atomic mass is 9.96. The van der Waals surface area contributed by atoms with Gasteiger partial charge in [-0.05, 0) is 25.0 Å². The zero-order chi connectivity index (χ0) is 13.5. The summed E-state index contributed by atoms with van der Waals surface area (Å²) in [5, 5.41) is 12.7. The zero-order valence-corrected chi connectivity index (χ0v) is 11.6. The molecule has 1 aliphatic carbocycles. The summed E-state index contributed by atoms with van der Waals surface area (Å²) >= 11 is 0. The Kier molecular flexibility index (Phi) is 5.09. The van der Waals surface area contributed by atoms with Crippen LogP contribution in [0.4, 0.5) is 5.69 Å². The van der Waals surface area contributed by atoms with E-state index in [1.165, 1.54) is 44.9 Å². The van der Waals surface area contributed by atoms with Gasteiger partial charge in [0.25, 0.3) is 0 Å². The second kappa shape index (κ2) is 7.04.